The summed E-state index contributed by atoms with van der Waals surface area (Å²) in [4.78, 5) is 38.8. The highest BCUT2D eigenvalue weighted by molar-refractivity contribution is 7.99. The van der Waals surface area contributed by atoms with Gasteiger partial charge in [0.15, 0.2) is 0 Å². The maximum Gasteiger partial charge on any atom is 0.269 e. The molecule has 1 N–H and O–H groups in total. The van der Waals surface area contributed by atoms with E-state index in [1.54, 1.807) is 30.3 Å². The highest BCUT2D eigenvalue weighted by Crippen LogP contribution is 2.21. The molecule has 0 saturated heterocycles. The number of thioether (sulfide) groups is 1. The Balaban J connectivity index is 1.81. The Morgan fingerprint density at radius 2 is 1.68 bits per heavy atom. The summed E-state index contributed by atoms with van der Waals surface area (Å²) in [7, 11) is 0. The number of hydrogen-bond donors (Lipinski definition) is 1. The van der Waals surface area contributed by atoms with Gasteiger partial charge < -0.3 is 10.2 Å². The van der Waals surface area contributed by atoms with Gasteiger partial charge in [0.2, 0.25) is 11.8 Å². The molecule has 0 radical (unpaired) electrons. The van der Waals surface area contributed by atoms with Gasteiger partial charge in [0.05, 0.1) is 10.7 Å². The molecule has 9 heteroatoms. The van der Waals surface area contributed by atoms with Crippen LogP contribution in [-0.4, -0.2) is 40.0 Å². The monoisotopic (exact) mass is 537 g/mol. The van der Waals surface area contributed by atoms with Crippen molar-refractivity contribution in [2.24, 2.45) is 0 Å². The van der Waals surface area contributed by atoms with Gasteiger partial charge in [0, 0.05) is 43.0 Å². The number of nitrogens with one attached hydrogen (secondary N) is 1. The van der Waals surface area contributed by atoms with Gasteiger partial charge in [-0.2, -0.15) is 0 Å². The minimum absolute atomic E-state index is 0.00345. The van der Waals surface area contributed by atoms with E-state index >= 15 is 0 Å². The van der Waals surface area contributed by atoms with Gasteiger partial charge in [-0.3, -0.25) is 19.7 Å². The molecule has 0 aliphatic carbocycles. The van der Waals surface area contributed by atoms with Crippen molar-refractivity contribution in [3.8, 4) is 0 Å². The van der Waals surface area contributed by atoms with Crippen molar-refractivity contribution in [1.29, 1.82) is 0 Å². The number of nitrogens with zero attached hydrogens (tertiary/aromatic N) is 2. The Bertz CT molecular complexity index is 1210. The molecule has 0 heterocycles. The lowest BCUT2D eigenvalue weighted by atomic mass is 10.0. The minimum atomic E-state index is -0.818. The number of halogens is 1. The number of amides is 2. The fraction of sp³-hybridized carbons (Fsp3) is 0.310. The molecule has 1 atom stereocenters. The zero-order valence-electron chi connectivity index (χ0n) is 21.3. The third kappa shape index (κ3) is 8.69. The van der Waals surface area contributed by atoms with E-state index in [-0.39, 0.29) is 29.8 Å². The van der Waals surface area contributed by atoms with Gasteiger partial charge in [-0.1, -0.05) is 74.0 Å². The average molecular weight is 538 g/mol. The number of hydrogen-bond acceptors (Lipinski definition) is 5. The number of nitro groups is 1. The Morgan fingerprint density at radius 1 is 1.00 bits per heavy atom. The summed E-state index contributed by atoms with van der Waals surface area (Å²) in [5.74, 6) is -0.463. The molecular weight excluding hydrogens is 505 g/mol. The molecule has 2 amide bonds. The lowest BCUT2D eigenvalue weighted by Gasteiger charge is -2.31. The van der Waals surface area contributed by atoms with E-state index < -0.39 is 16.8 Å². The molecule has 0 bridgehead atoms. The Morgan fingerprint density at radius 3 is 2.34 bits per heavy atom. The number of carbonyl (C=O) groups is 2. The Kier molecular flexibility index (Phi) is 11.3. The zero-order chi connectivity index (χ0) is 27.3. The maximum absolute atomic E-state index is 14.6. The summed E-state index contributed by atoms with van der Waals surface area (Å²) in [5.41, 5.74) is 2.07. The molecule has 0 aliphatic heterocycles. The number of carbonyl (C=O) groups excluding carboxylic acids is 2. The van der Waals surface area contributed by atoms with Crippen LogP contribution in [0.15, 0.2) is 78.9 Å². The van der Waals surface area contributed by atoms with Gasteiger partial charge in [-0.15, -0.1) is 11.8 Å². The van der Waals surface area contributed by atoms with Crippen LogP contribution < -0.4 is 5.32 Å². The van der Waals surface area contributed by atoms with E-state index in [2.05, 4.69) is 5.32 Å². The molecule has 3 aromatic rings. The van der Waals surface area contributed by atoms with E-state index in [1.807, 2.05) is 37.3 Å². The highest BCUT2D eigenvalue weighted by atomic mass is 32.2. The van der Waals surface area contributed by atoms with Crippen molar-refractivity contribution >= 4 is 29.3 Å². The average Bonchev–Trinajstić information content (AvgIpc) is 2.92. The van der Waals surface area contributed by atoms with E-state index in [4.69, 9.17) is 0 Å². The lowest BCUT2D eigenvalue weighted by Crippen LogP contribution is -2.51. The van der Waals surface area contributed by atoms with Gasteiger partial charge in [-0.05, 0) is 23.6 Å². The minimum Gasteiger partial charge on any atom is -0.354 e. The molecule has 200 valence electrons. The molecule has 0 unspecified atom stereocenters. The van der Waals surface area contributed by atoms with Crippen molar-refractivity contribution in [3.05, 3.63) is 111 Å². The molecule has 0 saturated carbocycles. The second-order valence-electron chi connectivity index (χ2n) is 8.88. The normalized spacial score (nSPS) is 11.5. The summed E-state index contributed by atoms with van der Waals surface area (Å²) in [6.45, 7) is 2.49. The molecule has 38 heavy (non-hydrogen) atoms. The van der Waals surface area contributed by atoms with Crippen LogP contribution in [0.2, 0.25) is 0 Å². The summed E-state index contributed by atoms with van der Waals surface area (Å²) in [6, 6.07) is 21.1. The topological polar surface area (TPSA) is 92.6 Å². The first kappa shape index (κ1) is 28.8. The Hall–Kier alpha value is -3.72. The first-order chi connectivity index (χ1) is 18.4. The summed E-state index contributed by atoms with van der Waals surface area (Å²) >= 11 is 1.34. The quantitative estimate of drug-likeness (QED) is 0.166. The number of unbranched alkanes of at least 4 members (excludes halogenated alkanes) is 1. The van der Waals surface area contributed by atoms with E-state index in [0.29, 0.717) is 24.3 Å². The highest BCUT2D eigenvalue weighted by Gasteiger charge is 2.30. The predicted molar refractivity (Wildman–Crippen MR) is 148 cm³/mol. The first-order valence-electron chi connectivity index (χ1n) is 12.5. The van der Waals surface area contributed by atoms with E-state index in [1.165, 1.54) is 34.9 Å². The molecule has 0 spiro atoms. The van der Waals surface area contributed by atoms with Crippen molar-refractivity contribution in [2.75, 3.05) is 12.3 Å². The van der Waals surface area contributed by atoms with Crippen molar-refractivity contribution in [3.63, 3.8) is 0 Å². The third-order valence-corrected chi connectivity index (χ3v) is 7.03. The lowest BCUT2D eigenvalue weighted by molar-refractivity contribution is -0.384. The van der Waals surface area contributed by atoms with Crippen LogP contribution in [-0.2, 0) is 28.3 Å². The fourth-order valence-corrected chi connectivity index (χ4v) is 4.79. The van der Waals surface area contributed by atoms with E-state index in [0.717, 1.165) is 24.0 Å². The van der Waals surface area contributed by atoms with Crippen LogP contribution in [0.5, 0.6) is 0 Å². The zero-order valence-corrected chi connectivity index (χ0v) is 22.2. The number of nitro benzene ring substituents is 1. The third-order valence-electron chi connectivity index (χ3n) is 6.04. The molecule has 0 fully saturated rings. The fourth-order valence-electron chi connectivity index (χ4n) is 3.92. The number of benzene rings is 3. The molecule has 3 aromatic carbocycles. The second-order valence-corrected chi connectivity index (χ2v) is 9.87. The largest absolute Gasteiger partial charge is 0.354 e. The second kappa shape index (κ2) is 14.9. The first-order valence-corrected chi connectivity index (χ1v) is 13.7. The summed E-state index contributed by atoms with van der Waals surface area (Å²) in [6.07, 6.45) is 2.03. The van der Waals surface area contributed by atoms with Crippen LogP contribution in [0.3, 0.4) is 0 Å². The molecule has 3 rings (SSSR count). The van der Waals surface area contributed by atoms with Crippen LogP contribution in [0.4, 0.5) is 10.1 Å². The van der Waals surface area contributed by atoms with Crippen LogP contribution in [0, 0.1) is 15.9 Å². The SMILES string of the molecule is CCCCNC(=O)[C@H](Cc1ccccc1)N(Cc1ccccc1F)C(=O)CSCc1ccc([N+](=O)[O-])cc1. The molecule has 7 nitrogen and oxygen atoms in total. The van der Waals surface area contributed by atoms with Crippen LogP contribution in [0.1, 0.15) is 36.5 Å². The molecular formula is C29H32FN3O4S. The smallest absolute Gasteiger partial charge is 0.269 e. The summed E-state index contributed by atoms with van der Waals surface area (Å²) < 4.78 is 14.6. The van der Waals surface area contributed by atoms with Gasteiger partial charge in [0.1, 0.15) is 11.9 Å². The van der Waals surface area contributed by atoms with Gasteiger partial charge in [-0.25, -0.2) is 4.39 Å². The van der Waals surface area contributed by atoms with E-state index in [9.17, 15) is 24.1 Å². The van der Waals surface area contributed by atoms with Gasteiger partial charge in [0.25, 0.3) is 5.69 Å². The van der Waals surface area contributed by atoms with Gasteiger partial charge >= 0.3 is 0 Å². The molecule has 0 aliphatic rings. The standard InChI is InChI=1S/C29H32FN3O4S/c1-2-3-17-31-29(35)27(18-22-9-5-4-6-10-22)32(19-24-11-7-8-12-26(24)30)28(34)21-38-20-23-13-15-25(16-14-23)33(36)37/h4-16,27H,2-3,17-21H2,1H3,(H,31,35)/t27-/m0/s1. The van der Waals surface area contributed by atoms with Crippen molar-refractivity contribution in [2.45, 2.75) is 44.5 Å². The number of non-ortho nitro benzene ring substituents is 1. The molecule has 0 aromatic heterocycles. The maximum atomic E-state index is 14.6. The van der Waals surface area contributed by atoms with Crippen molar-refractivity contribution in [1.82, 2.24) is 10.2 Å². The van der Waals surface area contributed by atoms with Crippen LogP contribution in [0.25, 0.3) is 0 Å². The van der Waals surface area contributed by atoms with Crippen LogP contribution >= 0.6 is 11.8 Å². The Labute approximate surface area is 226 Å². The predicted octanol–water partition coefficient (Wildman–Crippen LogP) is 5.52. The number of rotatable bonds is 14. The summed E-state index contributed by atoms with van der Waals surface area (Å²) in [5, 5.41) is 13.8. The van der Waals surface area contributed by atoms with Crippen molar-refractivity contribution < 1.29 is 18.9 Å².